The van der Waals surface area contributed by atoms with E-state index in [2.05, 4.69) is 0 Å². The van der Waals surface area contributed by atoms with Crippen LogP contribution in [-0.4, -0.2) is 4.92 Å². The maximum Gasteiger partial charge on any atom is 0.288 e. The van der Waals surface area contributed by atoms with Crippen molar-refractivity contribution in [2.75, 3.05) is 0 Å². The van der Waals surface area contributed by atoms with Crippen LogP contribution >= 0.6 is 23.4 Å². The molecule has 0 bridgehead atoms. The van der Waals surface area contributed by atoms with E-state index in [1.54, 1.807) is 18.2 Å². The molecule has 94 valence electrons. The van der Waals surface area contributed by atoms with Gasteiger partial charge in [-0.05, 0) is 36.4 Å². The highest BCUT2D eigenvalue weighted by Gasteiger charge is 2.14. The first-order valence-electron chi connectivity index (χ1n) is 5.22. The Morgan fingerprint density at radius 3 is 2.37 bits per heavy atom. The third-order valence-electron chi connectivity index (χ3n) is 2.34. The van der Waals surface area contributed by atoms with Crippen LogP contribution < -0.4 is 0 Å². The third-order valence-corrected chi connectivity index (χ3v) is 3.59. The lowest BCUT2D eigenvalue weighted by molar-refractivity contribution is -0.385. The molecule has 2 aromatic carbocycles. The average molecular weight is 291 g/mol. The van der Waals surface area contributed by atoms with Crippen molar-refractivity contribution in [1.82, 2.24) is 0 Å². The van der Waals surface area contributed by atoms with Crippen molar-refractivity contribution in [2.24, 2.45) is 0 Å². The molecule has 0 aliphatic rings. The van der Waals surface area contributed by atoms with E-state index >= 15 is 0 Å². The summed E-state index contributed by atoms with van der Waals surface area (Å²) in [6.07, 6.45) is 0. The van der Waals surface area contributed by atoms with Gasteiger partial charge in [0.05, 0.1) is 4.92 Å². The fourth-order valence-corrected chi connectivity index (χ4v) is 2.44. The second kappa shape index (κ2) is 5.74. The smallest absolute Gasteiger partial charge is 0.258 e. The molecule has 0 spiro atoms. The monoisotopic (exact) mass is 290 g/mol. The molecule has 0 saturated heterocycles. The Bertz CT molecular complexity index is 665. The number of nitriles is 1. The van der Waals surface area contributed by atoms with E-state index in [0.717, 1.165) is 4.90 Å². The van der Waals surface area contributed by atoms with Gasteiger partial charge in [-0.25, -0.2) is 0 Å². The first kappa shape index (κ1) is 13.4. The summed E-state index contributed by atoms with van der Waals surface area (Å²) >= 11 is 7.16. The summed E-state index contributed by atoms with van der Waals surface area (Å²) in [6.45, 7) is 0. The predicted octanol–water partition coefficient (Wildman–Crippen LogP) is 4.27. The molecule has 0 unspecified atom stereocenters. The molecule has 0 N–H and O–H groups in total. The number of benzene rings is 2. The first-order valence-corrected chi connectivity index (χ1v) is 6.41. The summed E-state index contributed by atoms with van der Waals surface area (Å²) in [5, 5.41) is 20.3. The second-order valence-electron chi connectivity index (χ2n) is 3.60. The summed E-state index contributed by atoms with van der Waals surface area (Å²) < 4.78 is 0. The maximum atomic E-state index is 10.9. The number of rotatable bonds is 3. The van der Waals surface area contributed by atoms with Gasteiger partial charge in [-0.3, -0.25) is 10.1 Å². The molecule has 0 atom stereocenters. The van der Waals surface area contributed by atoms with E-state index in [1.165, 1.54) is 23.9 Å². The number of nitrogens with zero attached hydrogens (tertiary/aromatic N) is 2. The molecule has 0 heterocycles. The third kappa shape index (κ3) is 3.25. The summed E-state index contributed by atoms with van der Waals surface area (Å²) in [4.78, 5) is 11.9. The van der Waals surface area contributed by atoms with Crippen molar-refractivity contribution in [3.8, 4) is 6.07 Å². The van der Waals surface area contributed by atoms with Crippen LogP contribution in [0.1, 0.15) is 5.56 Å². The Labute approximate surface area is 118 Å². The molecule has 0 aromatic heterocycles. The van der Waals surface area contributed by atoms with Crippen LogP contribution in [0.4, 0.5) is 5.69 Å². The Morgan fingerprint density at radius 2 is 1.79 bits per heavy atom. The molecular formula is C13H7ClN2O2S. The summed E-state index contributed by atoms with van der Waals surface area (Å²) in [6, 6.07) is 13.5. The standard InChI is InChI=1S/C13H7ClN2O2S/c14-10-2-5-11(6-3-10)19-12-4-1-9(8-15)13(7-12)16(17)18/h1-7H. The summed E-state index contributed by atoms with van der Waals surface area (Å²) in [5.41, 5.74) is -0.119. The Morgan fingerprint density at radius 1 is 1.16 bits per heavy atom. The van der Waals surface area contributed by atoms with Gasteiger partial charge in [0.1, 0.15) is 11.6 Å². The molecule has 0 aliphatic heterocycles. The van der Waals surface area contributed by atoms with Gasteiger partial charge in [0.2, 0.25) is 0 Å². The zero-order valence-electron chi connectivity index (χ0n) is 9.54. The number of nitro groups is 1. The maximum absolute atomic E-state index is 10.9. The fraction of sp³-hybridized carbons (Fsp3) is 0. The predicted molar refractivity (Wildman–Crippen MR) is 73.4 cm³/mol. The fourth-order valence-electron chi connectivity index (χ4n) is 1.46. The molecular weight excluding hydrogens is 284 g/mol. The van der Waals surface area contributed by atoms with Gasteiger partial charge in [0.25, 0.3) is 5.69 Å². The van der Waals surface area contributed by atoms with Crippen molar-refractivity contribution in [3.05, 3.63) is 63.2 Å². The van der Waals surface area contributed by atoms with Crippen molar-refractivity contribution in [3.63, 3.8) is 0 Å². The number of nitro benzene ring substituents is 1. The largest absolute Gasteiger partial charge is 0.288 e. The number of hydrogen-bond acceptors (Lipinski definition) is 4. The zero-order valence-corrected chi connectivity index (χ0v) is 11.1. The molecule has 0 radical (unpaired) electrons. The highest BCUT2D eigenvalue weighted by Crippen LogP contribution is 2.32. The minimum Gasteiger partial charge on any atom is -0.258 e. The van der Waals surface area contributed by atoms with E-state index in [4.69, 9.17) is 16.9 Å². The average Bonchev–Trinajstić information content (AvgIpc) is 2.41. The van der Waals surface area contributed by atoms with E-state index < -0.39 is 4.92 Å². The molecule has 2 rings (SSSR count). The molecule has 4 nitrogen and oxygen atoms in total. The number of halogens is 1. The second-order valence-corrected chi connectivity index (χ2v) is 5.19. The Hall–Kier alpha value is -2.03. The van der Waals surface area contributed by atoms with Crippen LogP contribution in [0.15, 0.2) is 52.3 Å². The Balaban J connectivity index is 2.31. The van der Waals surface area contributed by atoms with E-state index in [-0.39, 0.29) is 11.3 Å². The summed E-state index contributed by atoms with van der Waals surface area (Å²) in [5.74, 6) is 0. The van der Waals surface area contributed by atoms with Crippen LogP contribution in [0, 0.1) is 21.4 Å². The topological polar surface area (TPSA) is 66.9 Å². The molecule has 0 aliphatic carbocycles. The van der Waals surface area contributed by atoms with Crippen LogP contribution in [-0.2, 0) is 0 Å². The van der Waals surface area contributed by atoms with Gasteiger partial charge >= 0.3 is 0 Å². The van der Waals surface area contributed by atoms with Crippen molar-refractivity contribution < 1.29 is 4.92 Å². The molecule has 19 heavy (non-hydrogen) atoms. The molecule has 0 amide bonds. The molecule has 0 fully saturated rings. The van der Waals surface area contributed by atoms with Gasteiger partial charge in [-0.1, -0.05) is 23.4 Å². The van der Waals surface area contributed by atoms with Crippen LogP contribution in [0.3, 0.4) is 0 Å². The quantitative estimate of drug-likeness (QED) is 0.625. The van der Waals surface area contributed by atoms with E-state index in [0.29, 0.717) is 9.92 Å². The van der Waals surface area contributed by atoms with Gasteiger partial charge in [0.15, 0.2) is 0 Å². The van der Waals surface area contributed by atoms with Crippen molar-refractivity contribution in [2.45, 2.75) is 9.79 Å². The van der Waals surface area contributed by atoms with E-state index in [1.807, 2.05) is 18.2 Å². The first-order chi connectivity index (χ1) is 9.10. The SMILES string of the molecule is N#Cc1ccc(Sc2ccc(Cl)cc2)cc1[N+](=O)[O-]. The van der Waals surface area contributed by atoms with Crippen LogP contribution in [0.5, 0.6) is 0 Å². The lowest BCUT2D eigenvalue weighted by Crippen LogP contribution is -1.92. The normalized spacial score (nSPS) is 9.89. The lowest BCUT2D eigenvalue weighted by Gasteiger charge is -2.02. The van der Waals surface area contributed by atoms with E-state index in [9.17, 15) is 10.1 Å². The number of hydrogen-bond donors (Lipinski definition) is 0. The van der Waals surface area contributed by atoms with Crippen molar-refractivity contribution in [1.29, 1.82) is 5.26 Å². The molecule has 6 heteroatoms. The zero-order chi connectivity index (χ0) is 13.8. The lowest BCUT2D eigenvalue weighted by atomic mass is 10.2. The minimum absolute atomic E-state index is 0.0606. The van der Waals surface area contributed by atoms with Gasteiger partial charge < -0.3 is 0 Å². The highest BCUT2D eigenvalue weighted by molar-refractivity contribution is 7.99. The molecule has 2 aromatic rings. The Kier molecular flexibility index (Phi) is 4.05. The van der Waals surface area contributed by atoms with Crippen LogP contribution in [0.2, 0.25) is 5.02 Å². The van der Waals surface area contributed by atoms with Gasteiger partial charge in [-0.2, -0.15) is 5.26 Å². The van der Waals surface area contributed by atoms with Crippen molar-refractivity contribution >= 4 is 29.1 Å². The van der Waals surface area contributed by atoms with Crippen LogP contribution in [0.25, 0.3) is 0 Å². The van der Waals surface area contributed by atoms with Gasteiger partial charge in [0, 0.05) is 20.9 Å². The van der Waals surface area contributed by atoms with Gasteiger partial charge in [-0.15, -0.1) is 0 Å². The molecule has 0 saturated carbocycles. The summed E-state index contributed by atoms with van der Waals surface area (Å²) in [7, 11) is 0. The minimum atomic E-state index is -0.551. The highest BCUT2D eigenvalue weighted by atomic mass is 35.5.